The van der Waals surface area contributed by atoms with Crippen molar-refractivity contribution in [1.29, 1.82) is 0 Å². The molecule has 3 rings (SSSR count). The van der Waals surface area contributed by atoms with E-state index in [-0.39, 0.29) is 0 Å². The molecule has 1 saturated carbocycles. The zero-order chi connectivity index (χ0) is 10.8. The Morgan fingerprint density at radius 3 is 2.94 bits per heavy atom. The second-order valence-electron chi connectivity index (χ2n) is 4.32. The molecule has 0 amide bonds. The molecule has 0 atom stereocenters. The molecule has 2 heterocycles. The number of H-pyrrole nitrogens is 1. The summed E-state index contributed by atoms with van der Waals surface area (Å²) < 4.78 is 0. The average molecular weight is 217 g/mol. The molecule has 1 fully saturated rings. The van der Waals surface area contributed by atoms with Gasteiger partial charge in [0.05, 0.1) is 6.20 Å². The Morgan fingerprint density at radius 2 is 2.12 bits per heavy atom. The Morgan fingerprint density at radius 1 is 1.25 bits per heavy atom. The fraction of sp³-hybridized carbons (Fsp3) is 0.545. The van der Waals surface area contributed by atoms with Crippen LogP contribution in [0.15, 0.2) is 12.5 Å². The molecule has 84 valence electrons. The highest BCUT2D eigenvalue weighted by molar-refractivity contribution is 5.71. The summed E-state index contributed by atoms with van der Waals surface area (Å²) in [5.41, 5.74) is 1.62. The minimum absolute atomic E-state index is 0.558. The van der Waals surface area contributed by atoms with Gasteiger partial charge in [-0.15, -0.1) is 0 Å². The van der Waals surface area contributed by atoms with Crippen LogP contribution in [0.1, 0.15) is 32.1 Å². The molecule has 1 aliphatic carbocycles. The highest BCUT2D eigenvalue weighted by Crippen LogP contribution is 2.21. The maximum Gasteiger partial charge on any atom is 0.202 e. The lowest BCUT2D eigenvalue weighted by Crippen LogP contribution is -2.22. The Kier molecular flexibility index (Phi) is 2.44. The molecule has 2 N–H and O–H groups in total. The van der Waals surface area contributed by atoms with E-state index in [1.807, 2.05) is 0 Å². The topological polar surface area (TPSA) is 66.5 Å². The van der Waals surface area contributed by atoms with Crippen LogP contribution in [0.25, 0.3) is 11.2 Å². The minimum Gasteiger partial charge on any atom is -0.353 e. The van der Waals surface area contributed by atoms with Gasteiger partial charge in [-0.25, -0.2) is 9.97 Å². The molecule has 0 radical (unpaired) electrons. The number of rotatable bonds is 2. The van der Waals surface area contributed by atoms with Crippen molar-refractivity contribution in [2.24, 2.45) is 0 Å². The van der Waals surface area contributed by atoms with E-state index in [0.717, 1.165) is 17.1 Å². The number of nitrogens with one attached hydrogen (secondary N) is 2. The number of hydrogen-bond donors (Lipinski definition) is 2. The van der Waals surface area contributed by atoms with Crippen molar-refractivity contribution < 1.29 is 0 Å². The van der Waals surface area contributed by atoms with Crippen molar-refractivity contribution in [3.63, 3.8) is 0 Å². The summed E-state index contributed by atoms with van der Waals surface area (Å²) in [6.45, 7) is 0. The monoisotopic (exact) mass is 217 g/mol. The third kappa shape index (κ3) is 1.85. The van der Waals surface area contributed by atoms with Crippen molar-refractivity contribution in [2.75, 3.05) is 5.32 Å². The van der Waals surface area contributed by atoms with Gasteiger partial charge in [0.15, 0.2) is 5.65 Å². The first-order valence-corrected chi connectivity index (χ1v) is 5.84. The molecule has 0 aliphatic heterocycles. The molecular formula is C11H15N5. The molecular weight excluding hydrogens is 202 g/mol. The third-order valence-electron chi connectivity index (χ3n) is 3.11. The van der Waals surface area contributed by atoms with Gasteiger partial charge in [-0.05, 0) is 12.8 Å². The van der Waals surface area contributed by atoms with E-state index in [2.05, 4.69) is 25.3 Å². The standard InChI is InChI=1S/C11H15N5/c1-2-4-8(5-3-1)14-11-15-9-6-12-7-13-10(9)16-11/h6-8H,1-5H2,(H2,12,13,14,15,16). The summed E-state index contributed by atoms with van der Waals surface area (Å²) in [5.74, 6) is 0.822. The molecule has 5 nitrogen and oxygen atoms in total. The Labute approximate surface area is 93.7 Å². The molecule has 0 aromatic carbocycles. The van der Waals surface area contributed by atoms with Gasteiger partial charge in [0.2, 0.25) is 5.95 Å². The van der Waals surface area contributed by atoms with Gasteiger partial charge in [-0.2, -0.15) is 4.98 Å². The van der Waals surface area contributed by atoms with Gasteiger partial charge < -0.3 is 10.3 Å². The van der Waals surface area contributed by atoms with Crippen LogP contribution in [-0.4, -0.2) is 26.0 Å². The highest BCUT2D eigenvalue weighted by atomic mass is 15.2. The Hall–Kier alpha value is -1.65. The average Bonchev–Trinajstić information content (AvgIpc) is 2.72. The Bertz CT molecular complexity index is 439. The van der Waals surface area contributed by atoms with Crippen molar-refractivity contribution in [3.05, 3.63) is 12.5 Å². The van der Waals surface area contributed by atoms with E-state index >= 15 is 0 Å². The maximum atomic E-state index is 4.39. The van der Waals surface area contributed by atoms with Crippen molar-refractivity contribution in [3.8, 4) is 0 Å². The lowest BCUT2D eigenvalue weighted by atomic mass is 9.96. The lowest BCUT2D eigenvalue weighted by Gasteiger charge is -2.22. The lowest BCUT2D eigenvalue weighted by molar-refractivity contribution is 0.461. The van der Waals surface area contributed by atoms with Crippen LogP contribution in [0.5, 0.6) is 0 Å². The van der Waals surface area contributed by atoms with Gasteiger partial charge in [0, 0.05) is 6.04 Å². The summed E-state index contributed by atoms with van der Waals surface area (Å²) in [4.78, 5) is 15.6. The van der Waals surface area contributed by atoms with Crippen LogP contribution < -0.4 is 5.32 Å². The molecule has 0 saturated heterocycles. The van der Waals surface area contributed by atoms with E-state index in [1.165, 1.54) is 38.4 Å². The zero-order valence-electron chi connectivity index (χ0n) is 9.11. The predicted octanol–water partition coefficient (Wildman–Crippen LogP) is 2.10. The van der Waals surface area contributed by atoms with Crippen LogP contribution in [0, 0.1) is 0 Å². The minimum atomic E-state index is 0.558. The number of fused-ring (bicyclic) bond motifs is 1. The summed E-state index contributed by atoms with van der Waals surface area (Å²) in [6.07, 6.45) is 9.75. The first-order valence-electron chi connectivity index (χ1n) is 5.84. The SMILES string of the molecule is c1ncc2[nH]c(NC3CCCCC3)nc2n1. The predicted molar refractivity (Wildman–Crippen MR) is 62.2 cm³/mol. The van der Waals surface area contributed by atoms with Gasteiger partial charge in [0.25, 0.3) is 0 Å². The smallest absolute Gasteiger partial charge is 0.202 e. The van der Waals surface area contributed by atoms with Crippen LogP contribution in [0.2, 0.25) is 0 Å². The summed E-state index contributed by atoms with van der Waals surface area (Å²) in [5, 5.41) is 3.44. The molecule has 1 aliphatic rings. The first-order chi connectivity index (χ1) is 7.92. The molecule has 2 aromatic rings. The van der Waals surface area contributed by atoms with E-state index in [1.54, 1.807) is 6.20 Å². The van der Waals surface area contributed by atoms with Crippen molar-refractivity contribution in [2.45, 2.75) is 38.1 Å². The van der Waals surface area contributed by atoms with Gasteiger partial charge in [-0.1, -0.05) is 19.3 Å². The molecule has 0 spiro atoms. The van der Waals surface area contributed by atoms with Gasteiger partial charge in [0.1, 0.15) is 11.8 Å². The van der Waals surface area contributed by atoms with E-state index < -0.39 is 0 Å². The Balaban J connectivity index is 1.78. The zero-order valence-corrected chi connectivity index (χ0v) is 9.11. The summed E-state index contributed by atoms with van der Waals surface area (Å²) in [7, 11) is 0. The van der Waals surface area contributed by atoms with E-state index in [9.17, 15) is 0 Å². The van der Waals surface area contributed by atoms with E-state index in [0.29, 0.717) is 6.04 Å². The van der Waals surface area contributed by atoms with E-state index in [4.69, 9.17) is 0 Å². The second-order valence-corrected chi connectivity index (χ2v) is 4.32. The number of aromatic nitrogens is 4. The molecule has 5 heteroatoms. The van der Waals surface area contributed by atoms with Crippen LogP contribution in [0.3, 0.4) is 0 Å². The highest BCUT2D eigenvalue weighted by Gasteiger charge is 2.14. The summed E-state index contributed by atoms with van der Waals surface area (Å²) >= 11 is 0. The summed E-state index contributed by atoms with van der Waals surface area (Å²) in [6, 6.07) is 0.558. The molecule has 16 heavy (non-hydrogen) atoms. The number of anilines is 1. The fourth-order valence-corrected chi connectivity index (χ4v) is 2.27. The number of imidazole rings is 1. The largest absolute Gasteiger partial charge is 0.353 e. The number of nitrogens with zero attached hydrogens (tertiary/aromatic N) is 3. The third-order valence-corrected chi connectivity index (χ3v) is 3.11. The van der Waals surface area contributed by atoms with Crippen molar-refractivity contribution in [1.82, 2.24) is 19.9 Å². The fourth-order valence-electron chi connectivity index (χ4n) is 2.27. The van der Waals surface area contributed by atoms with Gasteiger partial charge >= 0.3 is 0 Å². The number of hydrogen-bond acceptors (Lipinski definition) is 4. The molecule has 0 bridgehead atoms. The number of aromatic amines is 1. The van der Waals surface area contributed by atoms with Crippen LogP contribution in [0.4, 0.5) is 5.95 Å². The maximum absolute atomic E-state index is 4.39. The van der Waals surface area contributed by atoms with Crippen LogP contribution >= 0.6 is 0 Å². The van der Waals surface area contributed by atoms with Crippen molar-refractivity contribution >= 4 is 17.1 Å². The quantitative estimate of drug-likeness (QED) is 0.808. The van der Waals surface area contributed by atoms with Crippen LogP contribution in [-0.2, 0) is 0 Å². The second kappa shape index (κ2) is 4.08. The normalized spacial score (nSPS) is 17.8. The van der Waals surface area contributed by atoms with Gasteiger partial charge in [-0.3, -0.25) is 0 Å². The molecule has 0 unspecified atom stereocenters. The molecule has 2 aromatic heterocycles. The first kappa shape index (κ1) is 9.57.